The third-order valence-electron chi connectivity index (χ3n) is 9.68. The van der Waals surface area contributed by atoms with Crippen LogP contribution in [-0.4, -0.2) is 86.1 Å². The van der Waals surface area contributed by atoms with Crippen LogP contribution in [0.2, 0.25) is 0 Å². The van der Waals surface area contributed by atoms with Crippen LogP contribution in [0.25, 0.3) is 0 Å². The molecular formula is C48H87NO9P+. The fourth-order valence-corrected chi connectivity index (χ4v) is 6.60. The van der Waals surface area contributed by atoms with Crippen molar-refractivity contribution in [1.82, 2.24) is 0 Å². The Balaban J connectivity index is 4.44. The lowest BCUT2D eigenvalue weighted by atomic mass is 10.1. The molecule has 59 heavy (non-hydrogen) atoms. The first-order chi connectivity index (χ1) is 28.4. The molecule has 0 aromatic carbocycles. The highest BCUT2D eigenvalue weighted by atomic mass is 31.2. The molecule has 0 aromatic rings. The quantitative estimate of drug-likeness (QED) is 0.0203. The van der Waals surface area contributed by atoms with Gasteiger partial charge in [-0.2, -0.15) is 0 Å². The molecule has 10 nitrogen and oxygen atoms in total. The van der Waals surface area contributed by atoms with Crippen LogP contribution in [0.15, 0.2) is 60.8 Å². The molecule has 0 bridgehead atoms. The first kappa shape index (κ1) is 56.7. The van der Waals surface area contributed by atoms with Gasteiger partial charge >= 0.3 is 19.8 Å². The highest BCUT2D eigenvalue weighted by Gasteiger charge is 2.27. The number of hydrogen-bond donors (Lipinski definition) is 2. The number of carbonyl (C=O) groups excluding carboxylic acids is 2. The minimum atomic E-state index is -4.40. The van der Waals surface area contributed by atoms with Crippen molar-refractivity contribution in [1.29, 1.82) is 0 Å². The number of allylic oxidation sites excluding steroid dienone is 10. The van der Waals surface area contributed by atoms with Gasteiger partial charge in [0.05, 0.1) is 33.9 Å². The Bertz CT molecular complexity index is 1210. The third-order valence-corrected chi connectivity index (χ3v) is 10.7. The minimum Gasteiger partial charge on any atom is -0.462 e. The Kier molecular flexibility index (Phi) is 38.2. The number of phosphoric acid groups is 1. The predicted octanol–water partition coefficient (Wildman–Crippen LogP) is 12.2. The molecule has 3 atom stereocenters. The first-order valence-corrected chi connectivity index (χ1v) is 24.6. The average molecular weight is 853 g/mol. The summed E-state index contributed by atoms with van der Waals surface area (Å²) < 4.78 is 34.3. The number of unbranched alkanes of at least 4 members (excludes halogenated alkanes) is 14. The number of ether oxygens (including phenoxy) is 2. The Labute approximate surface area is 360 Å². The van der Waals surface area contributed by atoms with Crippen LogP contribution in [0, 0.1) is 0 Å². The van der Waals surface area contributed by atoms with Crippen LogP contribution < -0.4 is 0 Å². The van der Waals surface area contributed by atoms with E-state index < -0.39 is 32.5 Å². The maximum Gasteiger partial charge on any atom is 0.472 e. The van der Waals surface area contributed by atoms with E-state index >= 15 is 0 Å². The zero-order valence-electron chi connectivity index (χ0n) is 38.1. The van der Waals surface area contributed by atoms with Crippen molar-refractivity contribution in [2.24, 2.45) is 0 Å². The van der Waals surface area contributed by atoms with E-state index in [9.17, 15) is 24.2 Å². The van der Waals surface area contributed by atoms with Crippen molar-refractivity contribution in [2.45, 2.75) is 187 Å². The number of rotatable bonds is 41. The largest absolute Gasteiger partial charge is 0.472 e. The van der Waals surface area contributed by atoms with E-state index in [0.717, 1.165) is 70.6 Å². The van der Waals surface area contributed by atoms with Crippen molar-refractivity contribution in [3.8, 4) is 0 Å². The van der Waals surface area contributed by atoms with E-state index in [-0.39, 0.29) is 32.2 Å². The maximum absolute atomic E-state index is 12.7. The number of aliphatic hydroxyl groups is 1. The summed E-state index contributed by atoms with van der Waals surface area (Å²) in [5, 5.41) is 9.57. The van der Waals surface area contributed by atoms with Gasteiger partial charge in [-0.3, -0.25) is 18.6 Å². The monoisotopic (exact) mass is 853 g/mol. The second-order valence-corrected chi connectivity index (χ2v) is 18.0. The molecule has 0 aliphatic rings. The van der Waals surface area contributed by atoms with Crippen molar-refractivity contribution in [2.75, 3.05) is 47.5 Å². The number of phosphoric ester groups is 1. The predicted molar refractivity (Wildman–Crippen MR) is 244 cm³/mol. The van der Waals surface area contributed by atoms with Gasteiger partial charge in [-0.1, -0.05) is 139 Å². The zero-order valence-corrected chi connectivity index (χ0v) is 39.0. The van der Waals surface area contributed by atoms with Gasteiger partial charge in [0, 0.05) is 12.8 Å². The number of carbonyl (C=O) groups is 2. The summed E-state index contributed by atoms with van der Waals surface area (Å²) in [6, 6.07) is 0. The summed E-state index contributed by atoms with van der Waals surface area (Å²) in [4.78, 5) is 35.4. The summed E-state index contributed by atoms with van der Waals surface area (Å²) in [5.74, 6) is -0.890. The van der Waals surface area contributed by atoms with Crippen LogP contribution in [-0.2, 0) is 32.7 Å². The van der Waals surface area contributed by atoms with Crippen molar-refractivity contribution in [3.05, 3.63) is 60.8 Å². The van der Waals surface area contributed by atoms with Crippen LogP contribution in [0.1, 0.15) is 174 Å². The smallest absolute Gasteiger partial charge is 0.462 e. The summed E-state index contributed by atoms with van der Waals surface area (Å²) in [7, 11) is 1.42. The van der Waals surface area contributed by atoms with Crippen LogP contribution in [0.5, 0.6) is 0 Å². The molecule has 0 amide bonds. The van der Waals surface area contributed by atoms with Crippen molar-refractivity contribution >= 4 is 19.8 Å². The normalized spacial score (nSPS) is 14.6. The molecule has 0 saturated carbocycles. The molecule has 0 aromatic heterocycles. The van der Waals surface area contributed by atoms with Gasteiger partial charge in [-0.15, -0.1) is 0 Å². The molecule has 0 spiro atoms. The Morgan fingerprint density at radius 1 is 0.593 bits per heavy atom. The fourth-order valence-electron chi connectivity index (χ4n) is 5.86. The zero-order chi connectivity index (χ0) is 43.7. The van der Waals surface area contributed by atoms with Gasteiger partial charge in [-0.25, -0.2) is 4.57 Å². The van der Waals surface area contributed by atoms with Gasteiger partial charge in [0.25, 0.3) is 0 Å². The molecule has 0 heterocycles. The SMILES string of the molecule is CCCCCCCC/C=C\CCCCCCCCCC(=O)O[C@H](COC(=O)CCC/C=C\C/C=C\C/C=C\C/C=C\CC[C@@H](O)CC)COP(=O)(O)OCC[N+](C)(C)C. The average Bonchev–Trinajstić information content (AvgIpc) is 3.19. The van der Waals surface area contributed by atoms with Crippen LogP contribution >= 0.6 is 7.82 Å². The van der Waals surface area contributed by atoms with Gasteiger partial charge in [0.1, 0.15) is 19.8 Å². The number of hydrogen-bond acceptors (Lipinski definition) is 8. The van der Waals surface area contributed by atoms with E-state index in [4.69, 9.17) is 18.5 Å². The second-order valence-electron chi connectivity index (χ2n) is 16.6. The Morgan fingerprint density at radius 3 is 1.63 bits per heavy atom. The van der Waals surface area contributed by atoms with Gasteiger partial charge in [0.15, 0.2) is 6.10 Å². The molecule has 0 saturated heterocycles. The number of nitrogens with zero attached hydrogens (tertiary/aromatic N) is 1. The summed E-state index contributed by atoms with van der Waals surface area (Å²) in [5.41, 5.74) is 0. The molecule has 0 aliphatic heterocycles. The van der Waals surface area contributed by atoms with E-state index in [1.165, 1.54) is 64.2 Å². The molecule has 0 aliphatic carbocycles. The number of aliphatic hydroxyl groups excluding tert-OH is 1. The minimum absolute atomic E-state index is 0.0144. The standard InChI is InChI=1S/C48H86NO9P/c1-6-8-9-10-11-12-13-14-15-16-17-22-25-28-31-34-37-40-48(52)58-46(44-57-59(53,54)56-42-41-49(3,4)5)43-55-47(51)39-36-33-30-27-24-21-19-18-20-23-26-29-32-35-38-45(50)7-2/h14-15,19-21,23,27,29-30,32,45-46,50H,6-13,16-18,22,24-26,28,31,33-44H2,1-5H3/p+1/b15-14-,21-19-,23-20-,30-27-,32-29-/t45-,46+/m0/s1. The lowest BCUT2D eigenvalue weighted by molar-refractivity contribution is -0.870. The highest BCUT2D eigenvalue weighted by Crippen LogP contribution is 2.43. The van der Waals surface area contributed by atoms with E-state index in [1.807, 2.05) is 34.1 Å². The van der Waals surface area contributed by atoms with Gasteiger partial charge < -0.3 is 24.0 Å². The van der Waals surface area contributed by atoms with Crippen molar-refractivity contribution < 1.29 is 47.2 Å². The molecule has 2 N–H and O–H groups in total. The second kappa shape index (κ2) is 39.8. The van der Waals surface area contributed by atoms with E-state index in [1.54, 1.807) is 0 Å². The van der Waals surface area contributed by atoms with Crippen molar-refractivity contribution in [3.63, 3.8) is 0 Å². The molecule has 11 heteroatoms. The number of esters is 2. The van der Waals surface area contributed by atoms with E-state index in [0.29, 0.717) is 23.9 Å². The summed E-state index contributed by atoms with van der Waals surface area (Å²) in [6.07, 6.45) is 45.0. The topological polar surface area (TPSA) is 129 Å². The molecule has 0 radical (unpaired) electrons. The van der Waals surface area contributed by atoms with Gasteiger partial charge in [-0.05, 0) is 83.5 Å². The lowest BCUT2D eigenvalue weighted by Crippen LogP contribution is -2.37. The highest BCUT2D eigenvalue weighted by molar-refractivity contribution is 7.47. The summed E-state index contributed by atoms with van der Waals surface area (Å²) >= 11 is 0. The molecule has 0 fully saturated rings. The van der Waals surface area contributed by atoms with Crippen LogP contribution in [0.3, 0.4) is 0 Å². The van der Waals surface area contributed by atoms with E-state index in [2.05, 4.69) is 61.6 Å². The maximum atomic E-state index is 12.7. The third kappa shape index (κ3) is 43.6. The molecule has 342 valence electrons. The number of likely N-dealkylation sites (N-methyl/N-ethyl adjacent to an activating group) is 1. The molecule has 1 unspecified atom stereocenters. The van der Waals surface area contributed by atoms with Crippen LogP contribution in [0.4, 0.5) is 0 Å². The molecular weight excluding hydrogens is 766 g/mol. The summed E-state index contributed by atoms with van der Waals surface area (Å²) in [6.45, 7) is 4.05. The Morgan fingerprint density at radius 2 is 1.07 bits per heavy atom. The molecule has 0 rings (SSSR count). The first-order valence-electron chi connectivity index (χ1n) is 23.1. The lowest BCUT2D eigenvalue weighted by Gasteiger charge is -2.24. The Hall–Kier alpha value is -2.33. The number of quaternary nitrogens is 1. The fraction of sp³-hybridized carbons (Fsp3) is 0.750. The van der Waals surface area contributed by atoms with Gasteiger partial charge in [0.2, 0.25) is 0 Å².